The number of halogens is 2. The van der Waals surface area contributed by atoms with Gasteiger partial charge in [0.05, 0.1) is 12.5 Å². The number of hydrogen-bond donors (Lipinski definition) is 2. The van der Waals surface area contributed by atoms with Crippen molar-refractivity contribution in [2.45, 2.75) is 13.0 Å². The third-order valence-electron chi connectivity index (χ3n) is 5.18. The van der Waals surface area contributed by atoms with E-state index in [9.17, 15) is 14.4 Å². The molecule has 0 spiro atoms. The first-order chi connectivity index (χ1) is 16.4. The second-order valence-electron chi connectivity index (χ2n) is 7.69. The Morgan fingerprint density at radius 3 is 2.50 bits per heavy atom. The lowest BCUT2D eigenvalue weighted by Gasteiger charge is -2.17. The van der Waals surface area contributed by atoms with E-state index in [-0.39, 0.29) is 30.7 Å². The standard InChI is InChI=1S/C24H21Cl2N3O4S/c25-16-9-17(26)11-18(10-16)28-22(30)14-33-20-5-3-19(4-6-20)29-13-15(8-23(29)31)24(32)27-12-21-2-1-7-34-21/h1-7,9-11,15H,8,12-14H2,(H,27,32)(H,28,30)/t15-/m0/s1. The molecule has 7 nitrogen and oxygen atoms in total. The van der Waals surface area contributed by atoms with Crippen LogP contribution in [0.5, 0.6) is 5.75 Å². The van der Waals surface area contributed by atoms with E-state index in [1.54, 1.807) is 58.7 Å². The van der Waals surface area contributed by atoms with Crippen LogP contribution in [-0.4, -0.2) is 30.9 Å². The molecule has 0 unspecified atom stereocenters. The number of nitrogens with zero attached hydrogens (tertiary/aromatic N) is 1. The van der Waals surface area contributed by atoms with Gasteiger partial charge in [0.15, 0.2) is 6.61 Å². The van der Waals surface area contributed by atoms with Gasteiger partial charge in [-0.1, -0.05) is 29.3 Å². The lowest BCUT2D eigenvalue weighted by molar-refractivity contribution is -0.126. The molecule has 0 aliphatic carbocycles. The number of ether oxygens (including phenoxy) is 1. The summed E-state index contributed by atoms with van der Waals surface area (Å²) in [4.78, 5) is 39.8. The molecule has 34 heavy (non-hydrogen) atoms. The molecular weight excluding hydrogens is 497 g/mol. The topological polar surface area (TPSA) is 87.7 Å². The zero-order valence-corrected chi connectivity index (χ0v) is 20.3. The smallest absolute Gasteiger partial charge is 0.262 e. The van der Waals surface area contributed by atoms with Gasteiger partial charge >= 0.3 is 0 Å². The quantitative estimate of drug-likeness (QED) is 0.451. The Morgan fingerprint density at radius 1 is 1.09 bits per heavy atom. The average molecular weight is 518 g/mol. The van der Waals surface area contributed by atoms with Crippen molar-refractivity contribution < 1.29 is 19.1 Å². The molecule has 1 fully saturated rings. The normalized spacial score (nSPS) is 15.3. The highest BCUT2D eigenvalue weighted by Gasteiger charge is 2.35. The molecule has 2 heterocycles. The Morgan fingerprint density at radius 2 is 1.82 bits per heavy atom. The molecule has 2 aromatic carbocycles. The summed E-state index contributed by atoms with van der Waals surface area (Å²) >= 11 is 13.4. The van der Waals surface area contributed by atoms with Gasteiger partial charge in [0.1, 0.15) is 5.75 Å². The monoisotopic (exact) mass is 517 g/mol. The number of benzene rings is 2. The second kappa shape index (κ2) is 10.9. The predicted molar refractivity (Wildman–Crippen MR) is 134 cm³/mol. The summed E-state index contributed by atoms with van der Waals surface area (Å²) in [6, 6.07) is 15.4. The molecule has 1 aliphatic heterocycles. The molecule has 1 saturated heterocycles. The third kappa shape index (κ3) is 6.28. The van der Waals surface area contributed by atoms with Crippen LogP contribution >= 0.6 is 34.5 Å². The molecular formula is C24H21Cl2N3O4S. The van der Waals surface area contributed by atoms with E-state index < -0.39 is 5.92 Å². The lowest BCUT2D eigenvalue weighted by atomic mass is 10.1. The molecule has 0 saturated carbocycles. The van der Waals surface area contributed by atoms with Crippen molar-refractivity contribution in [2.75, 3.05) is 23.4 Å². The predicted octanol–water partition coefficient (Wildman–Crippen LogP) is 4.74. The zero-order valence-electron chi connectivity index (χ0n) is 17.9. The lowest BCUT2D eigenvalue weighted by Crippen LogP contribution is -2.32. The van der Waals surface area contributed by atoms with E-state index in [1.807, 2.05) is 17.5 Å². The Kier molecular flexibility index (Phi) is 7.72. The van der Waals surface area contributed by atoms with Gasteiger partial charge in [-0.3, -0.25) is 14.4 Å². The molecule has 1 aromatic heterocycles. The fourth-order valence-corrected chi connectivity index (χ4v) is 4.73. The largest absolute Gasteiger partial charge is 0.484 e. The van der Waals surface area contributed by atoms with Crippen molar-refractivity contribution in [1.29, 1.82) is 0 Å². The molecule has 2 N–H and O–H groups in total. The van der Waals surface area contributed by atoms with Crippen LogP contribution < -0.4 is 20.3 Å². The van der Waals surface area contributed by atoms with Gasteiger partial charge in [-0.2, -0.15) is 0 Å². The van der Waals surface area contributed by atoms with Crippen LogP contribution in [0.15, 0.2) is 60.0 Å². The average Bonchev–Trinajstić information content (AvgIpc) is 3.45. The van der Waals surface area contributed by atoms with Crippen LogP contribution in [0.3, 0.4) is 0 Å². The maximum Gasteiger partial charge on any atom is 0.262 e. The van der Waals surface area contributed by atoms with Crippen molar-refractivity contribution in [1.82, 2.24) is 5.32 Å². The van der Waals surface area contributed by atoms with Gasteiger partial charge in [0, 0.05) is 39.3 Å². The summed E-state index contributed by atoms with van der Waals surface area (Å²) in [5.41, 5.74) is 1.15. The minimum atomic E-state index is -0.396. The van der Waals surface area contributed by atoms with Crippen LogP contribution in [0.4, 0.5) is 11.4 Å². The van der Waals surface area contributed by atoms with E-state index in [0.29, 0.717) is 40.3 Å². The highest BCUT2D eigenvalue weighted by Crippen LogP contribution is 2.27. The number of thiophene rings is 1. The molecule has 3 aromatic rings. The van der Waals surface area contributed by atoms with Crippen molar-refractivity contribution >= 4 is 63.6 Å². The molecule has 1 atom stereocenters. The molecule has 0 radical (unpaired) electrons. The van der Waals surface area contributed by atoms with Crippen LogP contribution in [0, 0.1) is 5.92 Å². The molecule has 4 rings (SSSR count). The number of rotatable bonds is 8. The number of nitrogens with one attached hydrogen (secondary N) is 2. The first-order valence-corrected chi connectivity index (χ1v) is 12.1. The maximum absolute atomic E-state index is 12.5. The number of hydrogen-bond acceptors (Lipinski definition) is 5. The molecule has 1 aliphatic rings. The SMILES string of the molecule is O=C(COc1ccc(N2C[C@@H](C(=O)NCc3cccs3)CC2=O)cc1)Nc1cc(Cl)cc(Cl)c1. The summed E-state index contributed by atoms with van der Waals surface area (Å²) < 4.78 is 5.53. The van der Waals surface area contributed by atoms with E-state index in [4.69, 9.17) is 27.9 Å². The van der Waals surface area contributed by atoms with E-state index in [0.717, 1.165) is 4.88 Å². The van der Waals surface area contributed by atoms with Crippen molar-refractivity contribution in [2.24, 2.45) is 5.92 Å². The fourth-order valence-electron chi connectivity index (χ4n) is 3.56. The number of anilines is 2. The summed E-state index contributed by atoms with van der Waals surface area (Å²) in [7, 11) is 0. The summed E-state index contributed by atoms with van der Waals surface area (Å²) in [5.74, 6) is -0.527. The highest BCUT2D eigenvalue weighted by atomic mass is 35.5. The van der Waals surface area contributed by atoms with Crippen LogP contribution in [0.1, 0.15) is 11.3 Å². The fraction of sp³-hybridized carbons (Fsp3) is 0.208. The van der Waals surface area contributed by atoms with Crippen molar-refractivity contribution in [3.05, 3.63) is 74.9 Å². The van der Waals surface area contributed by atoms with Crippen LogP contribution in [0.25, 0.3) is 0 Å². The molecule has 3 amide bonds. The zero-order chi connectivity index (χ0) is 24.1. The summed E-state index contributed by atoms with van der Waals surface area (Å²) in [6.45, 7) is 0.573. The van der Waals surface area contributed by atoms with Gasteiger partial charge in [-0.15, -0.1) is 11.3 Å². The van der Waals surface area contributed by atoms with Gasteiger partial charge in [-0.25, -0.2) is 0 Å². The number of carbonyl (C=O) groups excluding carboxylic acids is 3. The second-order valence-corrected chi connectivity index (χ2v) is 9.60. The summed E-state index contributed by atoms with van der Waals surface area (Å²) in [6.07, 6.45) is 0.169. The first-order valence-electron chi connectivity index (χ1n) is 10.5. The highest BCUT2D eigenvalue weighted by molar-refractivity contribution is 7.09. The van der Waals surface area contributed by atoms with E-state index >= 15 is 0 Å². The molecule has 0 bridgehead atoms. The Balaban J connectivity index is 1.27. The summed E-state index contributed by atoms with van der Waals surface area (Å²) in [5, 5.41) is 8.35. The Hall–Kier alpha value is -3.07. The van der Waals surface area contributed by atoms with E-state index in [2.05, 4.69) is 10.6 Å². The van der Waals surface area contributed by atoms with Gasteiger partial charge < -0.3 is 20.3 Å². The first kappa shape index (κ1) is 24.1. The molecule has 10 heteroatoms. The minimum absolute atomic E-state index is 0.107. The van der Waals surface area contributed by atoms with Gasteiger partial charge in [-0.05, 0) is 53.9 Å². The van der Waals surface area contributed by atoms with Crippen molar-refractivity contribution in [3.8, 4) is 5.75 Å². The number of amides is 3. The van der Waals surface area contributed by atoms with Gasteiger partial charge in [0.2, 0.25) is 11.8 Å². The number of carbonyl (C=O) groups is 3. The Labute approximate surface area is 210 Å². The van der Waals surface area contributed by atoms with E-state index in [1.165, 1.54) is 0 Å². The van der Waals surface area contributed by atoms with Gasteiger partial charge in [0.25, 0.3) is 5.91 Å². The van der Waals surface area contributed by atoms with Crippen LogP contribution in [-0.2, 0) is 20.9 Å². The maximum atomic E-state index is 12.5. The third-order valence-corrected chi connectivity index (χ3v) is 6.49. The molecule has 176 valence electrons. The van der Waals surface area contributed by atoms with Crippen LogP contribution in [0.2, 0.25) is 10.0 Å². The van der Waals surface area contributed by atoms with Crippen molar-refractivity contribution in [3.63, 3.8) is 0 Å². The minimum Gasteiger partial charge on any atom is -0.484 e. The Bertz CT molecular complexity index is 1170.